The number of thioether (sulfide) groups is 1. The Labute approximate surface area is 125 Å². The number of nitrogens with one attached hydrogen (secondary N) is 1. The lowest BCUT2D eigenvalue weighted by molar-refractivity contribution is -0.149. The van der Waals surface area contributed by atoms with Crippen molar-refractivity contribution in [1.82, 2.24) is 10.2 Å². The van der Waals surface area contributed by atoms with E-state index in [1.165, 1.54) is 0 Å². The highest BCUT2D eigenvalue weighted by molar-refractivity contribution is 7.99. The molecule has 5 nitrogen and oxygen atoms in total. The average Bonchev–Trinajstić information content (AvgIpc) is 2.73. The zero-order chi connectivity index (χ0) is 16.0. The molecule has 0 radical (unpaired) electrons. The van der Waals surface area contributed by atoms with Crippen molar-refractivity contribution in [3.63, 3.8) is 0 Å². The Balaban J connectivity index is 2.54. The van der Waals surface area contributed by atoms with E-state index in [0.29, 0.717) is 18.1 Å². The Bertz CT molecular complexity index is 379. The summed E-state index contributed by atoms with van der Waals surface area (Å²) < 4.78 is 37.1. The van der Waals surface area contributed by atoms with E-state index in [4.69, 9.17) is 5.11 Å². The SMILES string of the molecule is CCSC1CCC(NC(=O)N(CC(=O)O)CC(F)(F)F)C1. The standard InChI is InChI=1S/C12H19F3N2O3S/c1-2-21-9-4-3-8(5-9)16-11(20)17(6-10(18)19)7-12(13,14)15/h8-9H,2-7H2,1H3,(H,16,20)(H,18,19). The molecule has 2 N–H and O–H groups in total. The highest BCUT2D eigenvalue weighted by atomic mass is 32.2. The number of carboxylic acids is 1. The summed E-state index contributed by atoms with van der Waals surface area (Å²) in [5.41, 5.74) is 0. The molecular weight excluding hydrogens is 309 g/mol. The number of urea groups is 1. The van der Waals surface area contributed by atoms with Gasteiger partial charge in [0.25, 0.3) is 0 Å². The van der Waals surface area contributed by atoms with Gasteiger partial charge in [-0.2, -0.15) is 24.9 Å². The number of rotatable bonds is 6. The van der Waals surface area contributed by atoms with Gasteiger partial charge in [-0.05, 0) is 25.0 Å². The number of carbonyl (C=O) groups is 2. The van der Waals surface area contributed by atoms with Crippen molar-refractivity contribution in [2.24, 2.45) is 0 Å². The summed E-state index contributed by atoms with van der Waals surface area (Å²) in [6.07, 6.45) is -2.31. The smallest absolute Gasteiger partial charge is 0.406 e. The maximum absolute atomic E-state index is 12.4. The van der Waals surface area contributed by atoms with Gasteiger partial charge in [-0.25, -0.2) is 4.79 Å². The number of carboxylic acid groups (broad SMARTS) is 1. The maximum atomic E-state index is 12.4. The van der Waals surface area contributed by atoms with E-state index in [0.717, 1.165) is 12.2 Å². The number of amides is 2. The molecule has 2 amide bonds. The molecule has 2 unspecified atom stereocenters. The van der Waals surface area contributed by atoms with Gasteiger partial charge in [0.15, 0.2) is 0 Å². The molecule has 1 rings (SSSR count). The van der Waals surface area contributed by atoms with Crippen molar-refractivity contribution in [1.29, 1.82) is 0 Å². The van der Waals surface area contributed by atoms with Crippen LogP contribution in [0.5, 0.6) is 0 Å². The zero-order valence-electron chi connectivity index (χ0n) is 11.7. The molecule has 0 heterocycles. The van der Waals surface area contributed by atoms with Crippen LogP contribution in [-0.4, -0.2) is 58.3 Å². The minimum atomic E-state index is -4.62. The molecule has 1 aliphatic carbocycles. The van der Waals surface area contributed by atoms with E-state index >= 15 is 0 Å². The van der Waals surface area contributed by atoms with Gasteiger partial charge in [0.05, 0.1) is 0 Å². The van der Waals surface area contributed by atoms with Crippen LogP contribution >= 0.6 is 11.8 Å². The number of hydrogen-bond acceptors (Lipinski definition) is 3. The average molecular weight is 328 g/mol. The largest absolute Gasteiger partial charge is 0.480 e. The highest BCUT2D eigenvalue weighted by Gasteiger charge is 2.35. The molecule has 0 saturated heterocycles. The number of alkyl halides is 3. The zero-order valence-corrected chi connectivity index (χ0v) is 12.5. The summed E-state index contributed by atoms with van der Waals surface area (Å²) >= 11 is 1.76. The number of hydrogen-bond donors (Lipinski definition) is 2. The van der Waals surface area contributed by atoms with Gasteiger partial charge in [-0.1, -0.05) is 6.92 Å². The fraction of sp³-hybridized carbons (Fsp3) is 0.833. The Morgan fingerprint density at radius 1 is 1.38 bits per heavy atom. The number of halogens is 3. The van der Waals surface area contributed by atoms with Crippen LogP contribution < -0.4 is 5.32 Å². The maximum Gasteiger partial charge on any atom is 0.406 e. The Morgan fingerprint density at radius 2 is 2.05 bits per heavy atom. The molecule has 1 aliphatic rings. The number of nitrogens with zero attached hydrogens (tertiary/aromatic N) is 1. The van der Waals surface area contributed by atoms with E-state index in [9.17, 15) is 22.8 Å². The number of carbonyl (C=O) groups excluding carboxylic acids is 1. The summed E-state index contributed by atoms with van der Waals surface area (Å²) in [7, 11) is 0. The van der Waals surface area contributed by atoms with Gasteiger partial charge < -0.3 is 15.3 Å². The molecule has 1 fully saturated rings. The van der Waals surface area contributed by atoms with E-state index in [1.807, 2.05) is 6.92 Å². The van der Waals surface area contributed by atoms with E-state index in [1.54, 1.807) is 11.8 Å². The monoisotopic (exact) mass is 328 g/mol. The molecule has 21 heavy (non-hydrogen) atoms. The summed E-state index contributed by atoms with van der Waals surface area (Å²) in [6.45, 7) is -0.509. The molecule has 9 heteroatoms. The van der Waals surface area contributed by atoms with Crippen LogP contribution in [0.4, 0.5) is 18.0 Å². The van der Waals surface area contributed by atoms with Crippen molar-refractivity contribution in [2.45, 2.75) is 43.7 Å². The molecular formula is C12H19F3N2O3S. The summed E-state index contributed by atoms with van der Waals surface area (Å²) in [5, 5.41) is 11.5. The molecule has 0 spiro atoms. The Kier molecular flexibility index (Phi) is 6.63. The quantitative estimate of drug-likeness (QED) is 0.785. The topological polar surface area (TPSA) is 69.6 Å². The first-order valence-electron chi connectivity index (χ1n) is 6.67. The molecule has 0 bridgehead atoms. The van der Waals surface area contributed by atoms with Gasteiger partial charge >= 0.3 is 18.2 Å². The number of aliphatic carboxylic acids is 1. The fourth-order valence-electron chi connectivity index (χ4n) is 2.30. The van der Waals surface area contributed by atoms with Crippen molar-refractivity contribution < 1.29 is 27.9 Å². The first kappa shape index (κ1) is 17.9. The lowest BCUT2D eigenvalue weighted by atomic mass is 10.2. The molecule has 1 saturated carbocycles. The van der Waals surface area contributed by atoms with Crippen LogP contribution in [0, 0.1) is 0 Å². The van der Waals surface area contributed by atoms with Gasteiger partial charge in [-0.15, -0.1) is 0 Å². The highest BCUT2D eigenvalue weighted by Crippen LogP contribution is 2.29. The third-order valence-electron chi connectivity index (χ3n) is 3.10. The van der Waals surface area contributed by atoms with Gasteiger partial charge in [0, 0.05) is 11.3 Å². The summed E-state index contributed by atoms with van der Waals surface area (Å²) in [4.78, 5) is 22.7. The molecule has 0 aliphatic heterocycles. The lowest BCUT2D eigenvalue weighted by Crippen LogP contribution is -2.49. The normalized spacial score (nSPS) is 22.1. The van der Waals surface area contributed by atoms with Crippen LogP contribution in [-0.2, 0) is 4.79 Å². The first-order valence-corrected chi connectivity index (χ1v) is 7.71. The van der Waals surface area contributed by atoms with Crippen molar-refractivity contribution >= 4 is 23.8 Å². The van der Waals surface area contributed by atoms with Gasteiger partial charge in [-0.3, -0.25) is 4.79 Å². The second-order valence-electron chi connectivity index (χ2n) is 4.90. The Hall–Kier alpha value is -1.12. The fourth-order valence-corrected chi connectivity index (χ4v) is 3.45. The Morgan fingerprint density at radius 3 is 2.57 bits per heavy atom. The molecule has 0 aromatic rings. The van der Waals surface area contributed by atoms with Crippen molar-refractivity contribution in [2.75, 3.05) is 18.8 Å². The molecule has 122 valence electrons. The van der Waals surface area contributed by atoms with Gasteiger partial charge in [0.2, 0.25) is 0 Å². The van der Waals surface area contributed by atoms with Crippen LogP contribution in [0.25, 0.3) is 0 Å². The third-order valence-corrected chi connectivity index (χ3v) is 4.33. The minimum Gasteiger partial charge on any atom is -0.480 e. The third kappa shape index (κ3) is 6.92. The molecule has 2 atom stereocenters. The second kappa shape index (κ2) is 7.77. The van der Waals surface area contributed by atoms with Crippen LogP contribution in [0.3, 0.4) is 0 Å². The molecule has 0 aromatic heterocycles. The van der Waals surface area contributed by atoms with E-state index in [2.05, 4.69) is 5.32 Å². The van der Waals surface area contributed by atoms with E-state index < -0.39 is 31.3 Å². The predicted molar refractivity (Wildman–Crippen MR) is 73.4 cm³/mol. The van der Waals surface area contributed by atoms with Crippen LogP contribution in [0.2, 0.25) is 0 Å². The summed E-state index contributed by atoms with van der Waals surface area (Å²) in [5.74, 6) is -0.523. The first-order chi connectivity index (χ1) is 9.71. The van der Waals surface area contributed by atoms with Crippen molar-refractivity contribution in [3.8, 4) is 0 Å². The minimum absolute atomic E-state index is 0.189. The summed E-state index contributed by atoms with van der Waals surface area (Å²) in [6, 6.07) is -1.16. The lowest BCUT2D eigenvalue weighted by Gasteiger charge is -2.24. The van der Waals surface area contributed by atoms with Gasteiger partial charge in [0.1, 0.15) is 13.1 Å². The second-order valence-corrected chi connectivity index (χ2v) is 6.48. The van der Waals surface area contributed by atoms with E-state index in [-0.39, 0.29) is 10.9 Å². The predicted octanol–water partition coefficient (Wildman–Crippen LogP) is 2.32. The molecule has 0 aromatic carbocycles. The van der Waals surface area contributed by atoms with Crippen LogP contribution in [0.15, 0.2) is 0 Å². The van der Waals surface area contributed by atoms with Crippen LogP contribution in [0.1, 0.15) is 26.2 Å². The van der Waals surface area contributed by atoms with Crippen molar-refractivity contribution in [3.05, 3.63) is 0 Å².